The van der Waals surface area contributed by atoms with Crippen molar-refractivity contribution < 1.29 is 9.53 Å². The molecular formula is C27H29N2O2. The summed E-state index contributed by atoms with van der Waals surface area (Å²) in [5, 5.41) is 6.47. The lowest BCUT2D eigenvalue weighted by Crippen LogP contribution is -2.17. The molecule has 0 spiro atoms. The molecule has 0 atom stereocenters. The van der Waals surface area contributed by atoms with Gasteiger partial charge < -0.3 is 10.1 Å². The smallest absolute Gasteiger partial charge is 0.411 e. The van der Waals surface area contributed by atoms with E-state index < -0.39 is 6.09 Å². The highest BCUT2D eigenvalue weighted by Crippen LogP contribution is 2.30. The van der Waals surface area contributed by atoms with Crippen molar-refractivity contribution in [3.05, 3.63) is 84.4 Å². The van der Waals surface area contributed by atoms with Crippen molar-refractivity contribution in [1.82, 2.24) is 0 Å². The van der Waals surface area contributed by atoms with E-state index in [1.807, 2.05) is 60.7 Å². The third-order valence-electron chi connectivity index (χ3n) is 5.78. The van der Waals surface area contributed by atoms with Gasteiger partial charge >= 0.3 is 6.09 Å². The second-order valence-corrected chi connectivity index (χ2v) is 8.11. The van der Waals surface area contributed by atoms with Gasteiger partial charge in [-0.2, -0.15) is 0 Å². The minimum atomic E-state index is -0.476. The summed E-state index contributed by atoms with van der Waals surface area (Å²) in [6.45, 7) is 1.25. The molecular weight excluding hydrogens is 384 g/mol. The van der Waals surface area contributed by atoms with Crippen molar-refractivity contribution in [2.45, 2.75) is 38.7 Å². The summed E-state index contributed by atoms with van der Waals surface area (Å²) < 4.78 is 5.38. The summed E-state index contributed by atoms with van der Waals surface area (Å²) >= 11 is 0. The van der Waals surface area contributed by atoms with Crippen molar-refractivity contribution in [3.8, 4) is 11.1 Å². The van der Waals surface area contributed by atoms with Crippen LogP contribution in [-0.2, 0) is 11.3 Å². The van der Waals surface area contributed by atoms with Crippen LogP contribution in [0.4, 0.5) is 16.2 Å². The molecule has 1 aliphatic rings. The number of anilines is 2. The van der Waals surface area contributed by atoms with Crippen LogP contribution >= 0.6 is 0 Å². The van der Waals surface area contributed by atoms with Crippen LogP contribution in [-0.4, -0.2) is 12.6 Å². The molecule has 4 nitrogen and oxygen atoms in total. The van der Waals surface area contributed by atoms with E-state index >= 15 is 0 Å². The predicted molar refractivity (Wildman–Crippen MR) is 126 cm³/mol. The van der Waals surface area contributed by atoms with Gasteiger partial charge in [-0.25, -0.2) is 4.79 Å². The number of hydrogen-bond donors (Lipinski definition) is 2. The maximum absolute atomic E-state index is 12.4. The van der Waals surface area contributed by atoms with Crippen LogP contribution in [0.2, 0.25) is 0 Å². The van der Waals surface area contributed by atoms with E-state index in [4.69, 9.17) is 4.74 Å². The summed E-state index contributed by atoms with van der Waals surface area (Å²) in [5.41, 5.74) is 4.59. The van der Waals surface area contributed by atoms with Crippen LogP contribution in [0.25, 0.3) is 11.1 Å². The molecule has 4 rings (SSSR count). The van der Waals surface area contributed by atoms with Crippen molar-refractivity contribution in [2.75, 3.05) is 17.2 Å². The number of carbonyl (C=O) groups excluding carboxylic acids is 1. The fraction of sp³-hybridized carbons (Fsp3) is 0.296. The Morgan fingerprint density at radius 2 is 1.81 bits per heavy atom. The van der Waals surface area contributed by atoms with Gasteiger partial charge in [-0.15, -0.1) is 0 Å². The summed E-state index contributed by atoms with van der Waals surface area (Å²) in [6.07, 6.45) is 6.23. The van der Waals surface area contributed by atoms with Crippen LogP contribution < -0.4 is 10.6 Å². The molecule has 1 fully saturated rings. The van der Waals surface area contributed by atoms with Crippen LogP contribution in [0.1, 0.15) is 37.7 Å². The average Bonchev–Trinajstić information content (AvgIpc) is 2.83. The molecule has 0 saturated heterocycles. The van der Waals surface area contributed by atoms with Crippen molar-refractivity contribution in [2.24, 2.45) is 5.92 Å². The lowest BCUT2D eigenvalue weighted by molar-refractivity contribution is 0.155. The largest absolute Gasteiger partial charge is 0.444 e. The summed E-state index contributed by atoms with van der Waals surface area (Å²) in [5.74, 6) is 0.761. The van der Waals surface area contributed by atoms with Gasteiger partial charge in [0.2, 0.25) is 0 Å². The normalized spacial score (nSPS) is 14.1. The Bertz CT molecular complexity index is 981. The SMILES string of the molecule is O=C(Nc1ccc[c]c1-c1cccc(NCC2CCCCC2)c1)OCc1ccccc1. The zero-order valence-electron chi connectivity index (χ0n) is 17.8. The number of rotatable bonds is 7. The molecule has 4 heteroatoms. The van der Waals surface area contributed by atoms with E-state index in [2.05, 4.69) is 28.8 Å². The Labute approximate surface area is 184 Å². The second kappa shape index (κ2) is 10.7. The van der Waals surface area contributed by atoms with Gasteiger partial charge in [0.05, 0.1) is 5.69 Å². The van der Waals surface area contributed by atoms with Crippen molar-refractivity contribution in [1.29, 1.82) is 0 Å². The molecule has 0 heterocycles. The predicted octanol–water partition coefficient (Wildman–Crippen LogP) is 6.89. The molecule has 3 aromatic carbocycles. The number of benzene rings is 3. The first-order chi connectivity index (χ1) is 15.3. The molecule has 31 heavy (non-hydrogen) atoms. The molecule has 1 radical (unpaired) electrons. The highest BCUT2D eigenvalue weighted by atomic mass is 16.5. The number of nitrogens with one attached hydrogen (secondary N) is 2. The molecule has 2 N–H and O–H groups in total. The van der Waals surface area contributed by atoms with Gasteiger partial charge in [0.25, 0.3) is 0 Å². The first kappa shape index (κ1) is 21.0. The second-order valence-electron chi connectivity index (χ2n) is 8.11. The van der Waals surface area contributed by atoms with Crippen molar-refractivity contribution >= 4 is 17.5 Å². The van der Waals surface area contributed by atoms with Crippen LogP contribution in [0.3, 0.4) is 0 Å². The van der Waals surface area contributed by atoms with E-state index in [1.165, 1.54) is 32.1 Å². The molecule has 1 aliphatic carbocycles. The van der Waals surface area contributed by atoms with E-state index in [1.54, 1.807) is 0 Å². The quantitative estimate of drug-likeness (QED) is 0.443. The number of amides is 1. The zero-order valence-corrected chi connectivity index (χ0v) is 17.8. The minimum Gasteiger partial charge on any atom is -0.444 e. The minimum absolute atomic E-state index is 0.235. The molecule has 0 aliphatic heterocycles. The molecule has 159 valence electrons. The molecule has 0 aromatic heterocycles. The Kier molecular flexibility index (Phi) is 7.22. The lowest BCUT2D eigenvalue weighted by atomic mass is 9.89. The van der Waals surface area contributed by atoms with E-state index in [-0.39, 0.29) is 6.61 Å². The Hall–Kier alpha value is -3.27. The van der Waals surface area contributed by atoms with Gasteiger partial charge in [-0.3, -0.25) is 5.32 Å². The van der Waals surface area contributed by atoms with Crippen LogP contribution in [0.5, 0.6) is 0 Å². The van der Waals surface area contributed by atoms with Gasteiger partial charge in [0, 0.05) is 17.8 Å². The number of hydrogen-bond acceptors (Lipinski definition) is 3. The van der Waals surface area contributed by atoms with Crippen LogP contribution in [0.15, 0.2) is 72.8 Å². The Morgan fingerprint density at radius 1 is 0.968 bits per heavy atom. The molecule has 1 saturated carbocycles. The Morgan fingerprint density at radius 3 is 2.65 bits per heavy atom. The zero-order chi connectivity index (χ0) is 21.3. The fourth-order valence-corrected chi connectivity index (χ4v) is 4.09. The fourth-order valence-electron chi connectivity index (χ4n) is 4.09. The first-order valence-electron chi connectivity index (χ1n) is 11.1. The van der Waals surface area contributed by atoms with E-state index in [0.29, 0.717) is 5.69 Å². The third-order valence-corrected chi connectivity index (χ3v) is 5.78. The van der Waals surface area contributed by atoms with Crippen LogP contribution in [0, 0.1) is 12.0 Å². The molecule has 3 aromatic rings. The topological polar surface area (TPSA) is 50.4 Å². The molecule has 0 bridgehead atoms. The summed E-state index contributed by atoms with van der Waals surface area (Å²) in [4.78, 5) is 12.4. The first-order valence-corrected chi connectivity index (χ1v) is 11.1. The summed E-state index contributed by atoms with van der Waals surface area (Å²) in [6, 6.07) is 26.8. The van der Waals surface area contributed by atoms with E-state index in [0.717, 1.165) is 34.8 Å². The molecule has 0 unspecified atom stereocenters. The molecule has 1 amide bonds. The number of ether oxygens (including phenoxy) is 1. The Balaban J connectivity index is 1.41. The van der Waals surface area contributed by atoms with Gasteiger partial charge in [0.1, 0.15) is 6.61 Å². The summed E-state index contributed by atoms with van der Waals surface area (Å²) in [7, 11) is 0. The maximum Gasteiger partial charge on any atom is 0.411 e. The van der Waals surface area contributed by atoms with Gasteiger partial charge in [-0.05, 0) is 54.2 Å². The van der Waals surface area contributed by atoms with Crippen molar-refractivity contribution in [3.63, 3.8) is 0 Å². The maximum atomic E-state index is 12.4. The highest BCUT2D eigenvalue weighted by molar-refractivity contribution is 5.91. The average molecular weight is 414 g/mol. The van der Waals surface area contributed by atoms with E-state index in [9.17, 15) is 4.79 Å². The lowest BCUT2D eigenvalue weighted by Gasteiger charge is -2.22. The number of carbonyl (C=O) groups is 1. The third kappa shape index (κ3) is 6.11. The van der Waals surface area contributed by atoms with Gasteiger partial charge in [0.15, 0.2) is 0 Å². The monoisotopic (exact) mass is 413 g/mol. The highest BCUT2D eigenvalue weighted by Gasteiger charge is 2.14. The van der Waals surface area contributed by atoms with Gasteiger partial charge in [-0.1, -0.05) is 73.9 Å². The standard InChI is InChI=1S/C27H29N2O2/c30-27(31-20-22-12-5-2-6-13-22)29-26-17-8-7-16-25(26)23-14-9-15-24(18-23)28-19-21-10-3-1-4-11-21/h2,5-9,12-15,17-18,21,28H,1,3-4,10-11,19-20H2,(H,29,30).